The van der Waals surface area contributed by atoms with Gasteiger partial charge in [0.1, 0.15) is 12.1 Å². The van der Waals surface area contributed by atoms with E-state index in [2.05, 4.69) is 10.6 Å². The Morgan fingerprint density at radius 2 is 1.62 bits per heavy atom. The van der Waals surface area contributed by atoms with Crippen molar-refractivity contribution in [2.75, 3.05) is 0 Å². The molecular weight excluding hydrogens is 340 g/mol. The highest BCUT2D eigenvalue weighted by atomic mass is 16.4. The highest BCUT2D eigenvalue weighted by Gasteiger charge is 2.28. The monoisotopic (exact) mass is 364 g/mol. The Bertz CT molecular complexity index is 644. The molecule has 0 bridgehead atoms. The molecule has 8 nitrogen and oxygen atoms in total. The quantitative estimate of drug-likeness (QED) is 0.485. The summed E-state index contributed by atoms with van der Waals surface area (Å²) in [6.07, 6.45) is -0.526. The fourth-order valence-electron chi connectivity index (χ4n) is 2.33. The first kappa shape index (κ1) is 21.1. The van der Waals surface area contributed by atoms with Crippen molar-refractivity contribution in [2.24, 2.45) is 5.92 Å². The first-order valence-corrected chi connectivity index (χ1v) is 8.29. The Balaban J connectivity index is 2.71. The Hall–Kier alpha value is -2.90. The van der Waals surface area contributed by atoms with Crippen LogP contribution in [-0.2, 0) is 25.6 Å². The summed E-state index contributed by atoms with van der Waals surface area (Å²) in [4.78, 5) is 46.4. The number of aliphatic carboxylic acids is 2. The summed E-state index contributed by atoms with van der Waals surface area (Å²) >= 11 is 0. The second kappa shape index (κ2) is 10.2. The summed E-state index contributed by atoms with van der Waals surface area (Å²) in [6.45, 7) is 3.44. The van der Waals surface area contributed by atoms with Gasteiger partial charge in [-0.1, -0.05) is 44.2 Å². The van der Waals surface area contributed by atoms with Crippen LogP contribution in [0.2, 0.25) is 0 Å². The van der Waals surface area contributed by atoms with Gasteiger partial charge in [0.2, 0.25) is 11.8 Å². The minimum Gasteiger partial charge on any atom is -0.481 e. The molecule has 0 saturated heterocycles. The van der Waals surface area contributed by atoms with Gasteiger partial charge in [0.05, 0.1) is 6.42 Å². The van der Waals surface area contributed by atoms with Crippen LogP contribution in [0.15, 0.2) is 30.3 Å². The summed E-state index contributed by atoms with van der Waals surface area (Å²) in [5, 5.41) is 22.7. The van der Waals surface area contributed by atoms with E-state index >= 15 is 0 Å². The van der Waals surface area contributed by atoms with Crippen LogP contribution >= 0.6 is 0 Å². The molecule has 0 aliphatic heterocycles. The highest BCUT2D eigenvalue weighted by molar-refractivity contribution is 5.91. The molecule has 0 radical (unpaired) electrons. The van der Waals surface area contributed by atoms with Crippen molar-refractivity contribution in [3.05, 3.63) is 35.9 Å². The Kier molecular flexibility index (Phi) is 8.27. The van der Waals surface area contributed by atoms with Gasteiger partial charge in [-0.15, -0.1) is 0 Å². The van der Waals surface area contributed by atoms with Gasteiger partial charge in [0.25, 0.3) is 0 Å². The highest BCUT2D eigenvalue weighted by Crippen LogP contribution is 2.06. The molecule has 0 aromatic heterocycles. The van der Waals surface area contributed by atoms with Crippen LogP contribution in [0.3, 0.4) is 0 Å². The van der Waals surface area contributed by atoms with Crippen molar-refractivity contribution in [1.82, 2.24) is 10.6 Å². The van der Waals surface area contributed by atoms with Gasteiger partial charge >= 0.3 is 11.9 Å². The van der Waals surface area contributed by atoms with E-state index in [4.69, 9.17) is 10.2 Å². The van der Waals surface area contributed by atoms with Crippen LogP contribution in [0.1, 0.15) is 32.3 Å². The number of hydrogen-bond donors (Lipinski definition) is 4. The third-order valence-corrected chi connectivity index (χ3v) is 3.73. The van der Waals surface area contributed by atoms with Crippen LogP contribution in [0.4, 0.5) is 0 Å². The number of amides is 2. The number of benzene rings is 1. The number of carboxylic acids is 2. The molecule has 1 aromatic carbocycles. The fourth-order valence-corrected chi connectivity index (χ4v) is 2.33. The molecule has 4 N–H and O–H groups in total. The minimum atomic E-state index is -1.33. The second-order valence-electron chi connectivity index (χ2n) is 6.28. The molecule has 0 aliphatic rings. The van der Waals surface area contributed by atoms with Crippen LogP contribution in [0, 0.1) is 5.92 Å². The van der Waals surface area contributed by atoms with E-state index in [1.165, 1.54) is 0 Å². The van der Waals surface area contributed by atoms with Crippen molar-refractivity contribution in [3.8, 4) is 0 Å². The molecule has 142 valence electrons. The van der Waals surface area contributed by atoms with E-state index in [-0.39, 0.29) is 31.1 Å². The van der Waals surface area contributed by atoms with Gasteiger partial charge in [-0.3, -0.25) is 14.4 Å². The number of hydrogen-bond acceptors (Lipinski definition) is 4. The van der Waals surface area contributed by atoms with Gasteiger partial charge in [-0.05, 0) is 17.9 Å². The number of carboxylic acid groups (broad SMARTS) is 2. The molecule has 8 heteroatoms. The molecule has 0 saturated carbocycles. The maximum absolute atomic E-state index is 12.4. The molecular formula is C18H24N2O6. The summed E-state index contributed by atoms with van der Waals surface area (Å²) in [6, 6.07) is 6.76. The third-order valence-electron chi connectivity index (χ3n) is 3.73. The van der Waals surface area contributed by atoms with E-state index in [9.17, 15) is 19.2 Å². The Morgan fingerprint density at radius 1 is 1.00 bits per heavy atom. The predicted molar refractivity (Wildman–Crippen MR) is 93.4 cm³/mol. The lowest BCUT2D eigenvalue weighted by atomic mass is 10.0. The molecule has 1 rings (SSSR count). The number of nitrogens with one attached hydrogen (secondary N) is 2. The first-order chi connectivity index (χ1) is 12.2. The van der Waals surface area contributed by atoms with Crippen molar-refractivity contribution < 1.29 is 29.4 Å². The van der Waals surface area contributed by atoms with Crippen molar-refractivity contribution >= 4 is 23.8 Å². The van der Waals surface area contributed by atoms with E-state index in [1.807, 2.05) is 6.07 Å². The van der Waals surface area contributed by atoms with Gasteiger partial charge in [0, 0.05) is 6.42 Å². The van der Waals surface area contributed by atoms with Gasteiger partial charge < -0.3 is 20.8 Å². The van der Waals surface area contributed by atoms with E-state index in [0.29, 0.717) is 0 Å². The normalized spacial score (nSPS) is 12.9. The topological polar surface area (TPSA) is 133 Å². The molecule has 0 heterocycles. The molecule has 26 heavy (non-hydrogen) atoms. The zero-order chi connectivity index (χ0) is 19.7. The van der Waals surface area contributed by atoms with Crippen LogP contribution < -0.4 is 10.6 Å². The lowest BCUT2D eigenvalue weighted by Crippen LogP contribution is -2.54. The average Bonchev–Trinajstić information content (AvgIpc) is 2.56. The maximum Gasteiger partial charge on any atom is 0.326 e. The standard InChI is InChI=1S/C18H24N2O6/c1-11(2)16(20-14(21)10-12-6-4-3-5-7-12)17(24)19-13(18(25)26)8-9-15(22)23/h3-7,11,13,16H,8-10H2,1-2H3,(H,19,24)(H,20,21)(H,22,23)(H,25,26)/t13-,16+/m1/s1. The summed E-state index contributed by atoms with van der Waals surface area (Å²) in [5.74, 6) is -3.76. The smallest absolute Gasteiger partial charge is 0.326 e. The lowest BCUT2D eigenvalue weighted by molar-refractivity contribution is -0.143. The molecule has 0 unspecified atom stereocenters. The zero-order valence-corrected chi connectivity index (χ0v) is 14.8. The number of rotatable bonds is 10. The zero-order valence-electron chi connectivity index (χ0n) is 14.8. The van der Waals surface area contributed by atoms with Crippen LogP contribution in [0.5, 0.6) is 0 Å². The van der Waals surface area contributed by atoms with Gasteiger partial charge in [-0.2, -0.15) is 0 Å². The Morgan fingerprint density at radius 3 is 2.12 bits per heavy atom. The first-order valence-electron chi connectivity index (χ1n) is 8.29. The van der Waals surface area contributed by atoms with E-state index < -0.39 is 29.9 Å². The van der Waals surface area contributed by atoms with Crippen LogP contribution in [0.25, 0.3) is 0 Å². The SMILES string of the molecule is CC(C)[C@H](NC(=O)Cc1ccccc1)C(=O)N[C@H](CCC(=O)O)C(=O)O. The molecule has 0 aliphatic carbocycles. The Labute approximate surface area is 151 Å². The summed E-state index contributed by atoms with van der Waals surface area (Å²) in [7, 11) is 0. The number of carbonyl (C=O) groups is 4. The van der Waals surface area contributed by atoms with Gasteiger partial charge in [-0.25, -0.2) is 4.79 Å². The van der Waals surface area contributed by atoms with Crippen LogP contribution in [-0.4, -0.2) is 46.0 Å². The average molecular weight is 364 g/mol. The number of carbonyl (C=O) groups excluding carboxylic acids is 2. The molecule has 2 amide bonds. The second-order valence-corrected chi connectivity index (χ2v) is 6.28. The predicted octanol–water partition coefficient (Wildman–Crippen LogP) is 0.804. The maximum atomic E-state index is 12.4. The molecule has 2 atom stereocenters. The van der Waals surface area contributed by atoms with Gasteiger partial charge in [0.15, 0.2) is 0 Å². The summed E-state index contributed by atoms with van der Waals surface area (Å²) in [5.41, 5.74) is 0.790. The molecule has 0 spiro atoms. The minimum absolute atomic E-state index is 0.0959. The van der Waals surface area contributed by atoms with Crippen molar-refractivity contribution in [2.45, 2.75) is 45.2 Å². The summed E-state index contributed by atoms with van der Waals surface area (Å²) < 4.78 is 0. The van der Waals surface area contributed by atoms with E-state index in [0.717, 1.165) is 5.56 Å². The van der Waals surface area contributed by atoms with E-state index in [1.54, 1.807) is 38.1 Å². The molecule has 1 aromatic rings. The lowest BCUT2D eigenvalue weighted by Gasteiger charge is -2.24. The third kappa shape index (κ3) is 7.33. The van der Waals surface area contributed by atoms with Crippen molar-refractivity contribution in [1.29, 1.82) is 0 Å². The van der Waals surface area contributed by atoms with Crippen molar-refractivity contribution in [3.63, 3.8) is 0 Å². The largest absolute Gasteiger partial charge is 0.481 e. The molecule has 0 fully saturated rings. The fraction of sp³-hybridized carbons (Fsp3) is 0.444.